The SMILES string of the molecule is CC1(C)Oc2ccccc2C1NCc1ccccn1. The van der Waals surface area contributed by atoms with Crippen molar-refractivity contribution < 1.29 is 4.74 Å². The molecule has 2 heterocycles. The van der Waals surface area contributed by atoms with Crippen LogP contribution in [0.4, 0.5) is 0 Å². The molecule has 1 aliphatic heterocycles. The van der Waals surface area contributed by atoms with E-state index in [0.717, 1.165) is 18.0 Å². The van der Waals surface area contributed by atoms with Crippen molar-refractivity contribution in [2.75, 3.05) is 0 Å². The molecule has 0 saturated heterocycles. The highest BCUT2D eigenvalue weighted by molar-refractivity contribution is 5.42. The van der Waals surface area contributed by atoms with Gasteiger partial charge in [0.2, 0.25) is 0 Å². The molecule has 3 rings (SSSR count). The van der Waals surface area contributed by atoms with Gasteiger partial charge in [0, 0.05) is 18.3 Å². The maximum atomic E-state index is 6.01. The van der Waals surface area contributed by atoms with E-state index in [2.05, 4.69) is 36.3 Å². The van der Waals surface area contributed by atoms with E-state index >= 15 is 0 Å². The van der Waals surface area contributed by atoms with Crippen molar-refractivity contribution >= 4 is 0 Å². The largest absolute Gasteiger partial charge is 0.486 e. The Hall–Kier alpha value is -1.87. The monoisotopic (exact) mass is 254 g/mol. The molecule has 1 unspecified atom stereocenters. The molecule has 1 aromatic carbocycles. The lowest BCUT2D eigenvalue weighted by Gasteiger charge is -2.27. The summed E-state index contributed by atoms with van der Waals surface area (Å²) in [5.74, 6) is 0.978. The molecule has 2 aromatic rings. The number of nitrogens with one attached hydrogen (secondary N) is 1. The molecule has 0 aliphatic carbocycles. The van der Waals surface area contributed by atoms with Gasteiger partial charge >= 0.3 is 0 Å². The van der Waals surface area contributed by atoms with Crippen LogP contribution in [0.2, 0.25) is 0 Å². The lowest BCUT2D eigenvalue weighted by atomic mass is 9.94. The van der Waals surface area contributed by atoms with Crippen molar-refractivity contribution in [2.45, 2.75) is 32.0 Å². The first-order valence-electron chi connectivity index (χ1n) is 6.58. The van der Waals surface area contributed by atoms with Crippen LogP contribution < -0.4 is 10.1 Å². The van der Waals surface area contributed by atoms with Gasteiger partial charge in [-0.2, -0.15) is 0 Å². The zero-order valence-corrected chi connectivity index (χ0v) is 11.3. The van der Waals surface area contributed by atoms with Crippen molar-refractivity contribution in [1.29, 1.82) is 0 Å². The highest BCUT2D eigenvalue weighted by atomic mass is 16.5. The second-order valence-corrected chi connectivity index (χ2v) is 5.38. The second kappa shape index (κ2) is 4.67. The minimum atomic E-state index is -0.238. The summed E-state index contributed by atoms with van der Waals surface area (Å²) in [6.07, 6.45) is 1.82. The van der Waals surface area contributed by atoms with E-state index in [0.29, 0.717) is 0 Å². The Balaban J connectivity index is 1.80. The van der Waals surface area contributed by atoms with Crippen molar-refractivity contribution in [3.63, 3.8) is 0 Å². The molecule has 0 radical (unpaired) electrons. The molecule has 1 N–H and O–H groups in total. The summed E-state index contributed by atoms with van der Waals surface area (Å²) in [7, 11) is 0. The van der Waals surface area contributed by atoms with Crippen LogP contribution in [-0.4, -0.2) is 10.6 Å². The number of fused-ring (bicyclic) bond motifs is 1. The zero-order chi connectivity index (χ0) is 13.3. The number of rotatable bonds is 3. The first-order chi connectivity index (χ1) is 9.17. The molecule has 0 saturated carbocycles. The molecule has 0 spiro atoms. The summed E-state index contributed by atoms with van der Waals surface area (Å²) in [5.41, 5.74) is 2.03. The van der Waals surface area contributed by atoms with E-state index in [4.69, 9.17) is 4.74 Å². The summed E-state index contributed by atoms with van der Waals surface area (Å²) in [6, 6.07) is 14.4. The van der Waals surface area contributed by atoms with Gasteiger partial charge < -0.3 is 10.1 Å². The fourth-order valence-corrected chi connectivity index (χ4v) is 2.59. The van der Waals surface area contributed by atoms with Crippen LogP contribution >= 0.6 is 0 Å². The van der Waals surface area contributed by atoms with Gasteiger partial charge in [-0.05, 0) is 32.0 Å². The molecule has 98 valence electrons. The molecule has 0 bridgehead atoms. The lowest BCUT2D eigenvalue weighted by Crippen LogP contribution is -2.38. The van der Waals surface area contributed by atoms with Crippen molar-refractivity contribution in [3.8, 4) is 5.75 Å². The molecule has 3 heteroatoms. The molecular weight excluding hydrogens is 236 g/mol. The lowest BCUT2D eigenvalue weighted by molar-refractivity contribution is 0.0956. The third-order valence-corrected chi connectivity index (χ3v) is 3.51. The number of aromatic nitrogens is 1. The van der Waals surface area contributed by atoms with Gasteiger partial charge in [0.15, 0.2) is 0 Å². The minimum absolute atomic E-state index is 0.186. The fourth-order valence-electron chi connectivity index (χ4n) is 2.59. The fraction of sp³-hybridized carbons (Fsp3) is 0.312. The number of hydrogen-bond donors (Lipinski definition) is 1. The molecule has 1 aromatic heterocycles. The van der Waals surface area contributed by atoms with Crippen molar-refractivity contribution in [2.24, 2.45) is 0 Å². The predicted molar refractivity (Wildman–Crippen MR) is 75.0 cm³/mol. The van der Waals surface area contributed by atoms with Crippen LogP contribution in [0, 0.1) is 0 Å². The first kappa shape index (κ1) is 12.2. The molecule has 0 fully saturated rings. The smallest absolute Gasteiger partial charge is 0.125 e. The number of benzene rings is 1. The summed E-state index contributed by atoms with van der Waals surface area (Å²) in [5, 5.41) is 3.56. The van der Waals surface area contributed by atoms with Crippen LogP contribution in [0.1, 0.15) is 31.1 Å². The Bertz CT molecular complexity index is 566. The Morgan fingerprint density at radius 2 is 1.95 bits per heavy atom. The second-order valence-electron chi connectivity index (χ2n) is 5.38. The quantitative estimate of drug-likeness (QED) is 0.914. The third kappa shape index (κ3) is 2.34. The Morgan fingerprint density at radius 3 is 2.74 bits per heavy atom. The first-order valence-corrected chi connectivity index (χ1v) is 6.58. The van der Waals surface area contributed by atoms with Crippen molar-refractivity contribution in [1.82, 2.24) is 10.3 Å². The van der Waals surface area contributed by atoms with E-state index in [-0.39, 0.29) is 11.6 Å². The van der Waals surface area contributed by atoms with E-state index in [1.54, 1.807) is 0 Å². The van der Waals surface area contributed by atoms with Crippen LogP contribution in [0.25, 0.3) is 0 Å². The van der Waals surface area contributed by atoms with Gasteiger partial charge in [0.25, 0.3) is 0 Å². The van der Waals surface area contributed by atoms with Crippen LogP contribution in [0.15, 0.2) is 48.7 Å². The van der Waals surface area contributed by atoms with Crippen LogP contribution in [0.5, 0.6) is 5.75 Å². The number of para-hydroxylation sites is 1. The van der Waals surface area contributed by atoms with E-state index in [9.17, 15) is 0 Å². The summed E-state index contributed by atoms with van der Waals surface area (Å²) in [6.45, 7) is 4.97. The summed E-state index contributed by atoms with van der Waals surface area (Å²) >= 11 is 0. The average Bonchev–Trinajstić information content (AvgIpc) is 2.67. The number of nitrogens with zero attached hydrogens (tertiary/aromatic N) is 1. The summed E-state index contributed by atoms with van der Waals surface area (Å²) in [4.78, 5) is 4.34. The van der Waals surface area contributed by atoms with Gasteiger partial charge in [-0.3, -0.25) is 4.98 Å². The van der Waals surface area contributed by atoms with Gasteiger partial charge in [0.1, 0.15) is 11.4 Å². The number of hydrogen-bond acceptors (Lipinski definition) is 3. The molecule has 3 nitrogen and oxygen atoms in total. The number of ether oxygens (including phenoxy) is 1. The Morgan fingerprint density at radius 1 is 1.16 bits per heavy atom. The van der Waals surface area contributed by atoms with Gasteiger partial charge in [-0.15, -0.1) is 0 Å². The molecular formula is C16H18N2O. The zero-order valence-electron chi connectivity index (χ0n) is 11.3. The normalized spacial score (nSPS) is 19.8. The Kier molecular flexibility index (Phi) is 2.99. The van der Waals surface area contributed by atoms with Gasteiger partial charge in [-0.25, -0.2) is 0 Å². The number of pyridine rings is 1. The standard InChI is InChI=1S/C16H18N2O/c1-16(2)15(13-8-3-4-9-14(13)19-16)18-11-12-7-5-6-10-17-12/h3-10,15,18H,11H2,1-2H3. The van der Waals surface area contributed by atoms with E-state index < -0.39 is 0 Å². The predicted octanol–water partition coefficient (Wildman–Crippen LogP) is 3.08. The maximum absolute atomic E-state index is 6.01. The average molecular weight is 254 g/mol. The topological polar surface area (TPSA) is 34.1 Å². The van der Waals surface area contributed by atoms with Gasteiger partial charge in [0.05, 0.1) is 11.7 Å². The maximum Gasteiger partial charge on any atom is 0.125 e. The minimum Gasteiger partial charge on any atom is -0.486 e. The van der Waals surface area contributed by atoms with E-state index in [1.807, 2.05) is 36.5 Å². The third-order valence-electron chi connectivity index (χ3n) is 3.51. The van der Waals surface area contributed by atoms with Crippen LogP contribution in [0.3, 0.4) is 0 Å². The Labute approximate surface area is 113 Å². The molecule has 1 aliphatic rings. The van der Waals surface area contributed by atoms with Crippen molar-refractivity contribution in [3.05, 3.63) is 59.9 Å². The summed E-state index contributed by atoms with van der Waals surface area (Å²) < 4.78 is 6.01. The van der Waals surface area contributed by atoms with Crippen LogP contribution in [-0.2, 0) is 6.54 Å². The highest BCUT2D eigenvalue weighted by Gasteiger charge is 2.40. The van der Waals surface area contributed by atoms with Gasteiger partial charge in [-0.1, -0.05) is 24.3 Å². The molecule has 0 amide bonds. The molecule has 19 heavy (non-hydrogen) atoms. The van der Waals surface area contributed by atoms with E-state index in [1.165, 1.54) is 5.56 Å². The molecule has 1 atom stereocenters. The highest BCUT2D eigenvalue weighted by Crippen LogP contribution is 2.42.